The highest BCUT2D eigenvalue weighted by molar-refractivity contribution is 6.32. The van der Waals surface area contributed by atoms with Crippen LogP contribution in [0.3, 0.4) is 0 Å². The fraction of sp³-hybridized carbons (Fsp3) is 0.250. The van der Waals surface area contributed by atoms with Crippen molar-refractivity contribution in [3.63, 3.8) is 0 Å². The average molecular weight is 537 g/mol. The summed E-state index contributed by atoms with van der Waals surface area (Å²) in [5.74, 6) is 0.263. The summed E-state index contributed by atoms with van der Waals surface area (Å²) in [7, 11) is 2.93. The van der Waals surface area contributed by atoms with Crippen LogP contribution in [0.5, 0.6) is 11.5 Å². The molecule has 9 nitrogen and oxygen atoms in total. The van der Waals surface area contributed by atoms with Crippen LogP contribution < -0.4 is 31.4 Å². The SMILES string of the molecule is COc1cc(OC)c(NC(=O)Cn2c(=O)n(CCNCCc3ccccc3)c(=O)c3ccccc32)cc1Cl. The van der Waals surface area contributed by atoms with E-state index in [1.165, 1.54) is 30.4 Å². The number of carbonyl (C=O) groups is 1. The van der Waals surface area contributed by atoms with Crippen molar-refractivity contribution in [3.05, 3.63) is 98.2 Å². The topological polar surface area (TPSA) is 104 Å². The Kier molecular flexibility index (Phi) is 8.83. The van der Waals surface area contributed by atoms with E-state index in [-0.39, 0.29) is 13.1 Å². The normalized spacial score (nSPS) is 10.9. The second kappa shape index (κ2) is 12.4. The molecule has 10 heteroatoms. The number of nitrogens with zero attached hydrogens (tertiary/aromatic N) is 2. The Bertz CT molecular complexity index is 1550. The van der Waals surface area contributed by atoms with Gasteiger partial charge in [0.25, 0.3) is 5.56 Å². The molecule has 0 bridgehead atoms. The smallest absolute Gasteiger partial charge is 0.331 e. The lowest BCUT2D eigenvalue weighted by atomic mass is 10.1. The highest BCUT2D eigenvalue weighted by atomic mass is 35.5. The first-order valence-electron chi connectivity index (χ1n) is 12.1. The molecule has 198 valence electrons. The van der Waals surface area contributed by atoms with Crippen LogP contribution in [-0.2, 0) is 24.3 Å². The quantitative estimate of drug-likeness (QED) is 0.285. The standard InChI is InChI=1S/C28H29ClN4O5/c1-37-24-17-25(38-2)22(16-21(24)29)31-26(34)18-33-23-11-7-6-10-20(23)27(35)32(28(33)36)15-14-30-13-12-19-8-4-3-5-9-19/h3-11,16-17,30H,12-15,18H2,1-2H3,(H,31,34). The lowest BCUT2D eigenvalue weighted by Crippen LogP contribution is -2.43. The minimum Gasteiger partial charge on any atom is -0.495 e. The van der Waals surface area contributed by atoms with Crippen LogP contribution in [0, 0.1) is 0 Å². The van der Waals surface area contributed by atoms with Crippen molar-refractivity contribution in [3.8, 4) is 11.5 Å². The molecule has 0 aliphatic rings. The highest BCUT2D eigenvalue weighted by Crippen LogP contribution is 2.35. The fourth-order valence-corrected chi connectivity index (χ4v) is 4.45. The van der Waals surface area contributed by atoms with Gasteiger partial charge >= 0.3 is 5.69 Å². The molecule has 4 rings (SSSR count). The van der Waals surface area contributed by atoms with Gasteiger partial charge in [0.2, 0.25) is 5.91 Å². The van der Waals surface area contributed by atoms with Crippen LogP contribution in [0.25, 0.3) is 10.9 Å². The number of amides is 1. The zero-order chi connectivity index (χ0) is 27.1. The van der Waals surface area contributed by atoms with Crippen LogP contribution in [0.4, 0.5) is 5.69 Å². The molecule has 0 spiro atoms. The van der Waals surface area contributed by atoms with Crippen molar-refractivity contribution in [1.82, 2.24) is 14.5 Å². The van der Waals surface area contributed by atoms with E-state index in [9.17, 15) is 14.4 Å². The number of fused-ring (bicyclic) bond motifs is 1. The summed E-state index contributed by atoms with van der Waals surface area (Å²) in [5, 5.41) is 6.67. The van der Waals surface area contributed by atoms with E-state index in [0.717, 1.165) is 11.0 Å². The van der Waals surface area contributed by atoms with Gasteiger partial charge in [0.05, 0.1) is 35.8 Å². The number of rotatable bonds is 11. The predicted octanol–water partition coefficient (Wildman–Crippen LogP) is 3.30. The van der Waals surface area contributed by atoms with E-state index in [2.05, 4.69) is 22.8 Å². The Hall–Kier alpha value is -4.08. The molecule has 38 heavy (non-hydrogen) atoms. The molecule has 1 aromatic heterocycles. The molecule has 4 aromatic rings. The maximum Gasteiger partial charge on any atom is 0.331 e. The van der Waals surface area contributed by atoms with Crippen LogP contribution in [-0.4, -0.2) is 42.4 Å². The number of halogens is 1. The number of anilines is 1. The van der Waals surface area contributed by atoms with E-state index in [0.29, 0.717) is 46.2 Å². The Morgan fingerprint density at radius 1 is 0.895 bits per heavy atom. The molecule has 0 aliphatic heterocycles. The maximum atomic E-state index is 13.4. The minimum atomic E-state index is -0.562. The van der Waals surface area contributed by atoms with Crippen LogP contribution in [0.2, 0.25) is 5.02 Å². The number of para-hydroxylation sites is 1. The molecule has 0 unspecified atom stereocenters. The van der Waals surface area contributed by atoms with E-state index in [1.54, 1.807) is 30.3 Å². The van der Waals surface area contributed by atoms with Crippen molar-refractivity contribution in [2.24, 2.45) is 0 Å². The first-order chi connectivity index (χ1) is 18.4. The third-order valence-corrected chi connectivity index (χ3v) is 6.42. The number of benzene rings is 3. The van der Waals surface area contributed by atoms with Gasteiger partial charge in [0.15, 0.2) is 0 Å². The monoisotopic (exact) mass is 536 g/mol. The van der Waals surface area contributed by atoms with Gasteiger partial charge in [-0.15, -0.1) is 0 Å². The van der Waals surface area contributed by atoms with Crippen molar-refractivity contribution < 1.29 is 14.3 Å². The highest BCUT2D eigenvalue weighted by Gasteiger charge is 2.17. The Labute approximate surface area is 224 Å². The largest absolute Gasteiger partial charge is 0.495 e. The van der Waals surface area contributed by atoms with Gasteiger partial charge < -0.3 is 20.1 Å². The number of nitrogens with one attached hydrogen (secondary N) is 2. The number of ether oxygens (including phenoxy) is 2. The van der Waals surface area contributed by atoms with Gasteiger partial charge in [-0.25, -0.2) is 4.79 Å². The lowest BCUT2D eigenvalue weighted by molar-refractivity contribution is -0.116. The molecule has 0 saturated carbocycles. The van der Waals surface area contributed by atoms with E-state index in [4.69, 9.17) is 21.1 Å². The number of methoxy groups -OCH3 is 2. The van der Waals surface area contributed by atoms with Crippen molar-refractivity contribution in [2.75, 3.05) is 32.6 Å². The molecule has 0 aliphatic carbocycles. The summed E-state index contributed by atoms with van der Waals surface area (Å²) in [6.45, 7) is 0.984. The zero-order valence-electron chi connectivity index (χ0n) is 21.2. The molecule has 0 fully saturated rings. The summed E-state index contributed by atoms with van der Waals surface area (Å²) in [5.41, 5.74) is 0.956. The predicted molar refractivity (Wildman–Crippen MR) is 149 cm³/mol. The Balaban J connectivity index is 1.54. The third-order valence-electron chi connectivity index (χ3n) is 6.13. The van der Waals surface area contributed by atoms with E-state index in [1.807, 2.05) is 18.2 Å². The van der Waals surface area contributed by atoms with E-state index < -0.39 is 17.2 Å². The van der Waals surface area contributed by atoms with Crippen LogP contribution in [0.15, 0.2) is 76.3 Å². The molecule has 1 heterocycles. The molecular weight excluding hydrogens is 508 g/mol. The van der Waals surface area contributed by atoms with Crippen LogP contribution >= 0.6 is 11.6 Å². The van der Waals surface area contributed by atoms with Gasteiger partial charge in [-0.3, -0.25) is 18.7 Å². The summed E-state index contributed by atoms with van der Waals surface area (Å²) >= 11 is 6.22. The van der Waals surface area contributed by atoms with Gasteiger partial charge in [-0.1, -0.05) is 54.1 Å². The molecule has 0 saturated heterocycles. The Morgan fingerprint density at radius 2 is 1.61 bits per heavy atom. The third kappa shape index (κ3) is 6.07. The van der Waals surface area contributed by atoms with Gasteiger partial charge in [0, 0.05) is 19.2 Å². The second-order valence-electron chi connectivity index (χ2n) is 8.56. The first kappa shape index (κ1) is 27.0. The van der Waals surface area contributed by atoms with Crippen molar-refractivity contribution >= 4 is 34.1 Å². The molecule has 2 N–H and O–H groups in total. The zero-order valence-corrected chi connectivity index (χ0v) is 22.0. The number of carbonyl (C=O) groups excluding carboxylic acids is 1. The Morgan fingerprint density at radius 3 is 2.34 bits per heavy atom. The van der Waals surface area contributed by atoms with Crippen molar-refractivity contribution in [2.45, 2.75) is 19.5 Å². The molecular formula is C28H29ClN4O5. The lowest BCUT2D eigenvalue weighted by Gasteiger charge is -2.16. The van der Waals surface area contributed by atoms with Crippen molar-refractivity contribution in [1.29, 1.82) is 0 Å². The fourth-order valence-electron chi connectivity index (χ4n) is 4.21. The summed E-state index contributed by atoms with van der Waals surface area (Å²) < 4.78 is 13.0. The summed E-state index contributed by atoms with van der Waals surface area (Å²) in [6, 6.07) is 19.9. The van der Waals surface area contributed by atoms with Gasteiger partial charge in [-0.05, 0) is 36.7 Å². The molecule has 0 atom stereocenters. The second-order valence-corrected chi connectivity index (χ2v) is 8.97. The number of hydrogen-bond acceptors (Lipinski definition) is 6. The molecule has 1 amide bonds. The molecule has 3 aromatic carbocycles. The molecule has 0 radical (unpaired) electrons. The minimum absolute atomic E-state index is 0.167. The maximum absolute atomic E-state index is 13.4. The van der Waals surface area contributed by atoms with Gasteiger partial charge in [-0.2, -0.15) is 0 Å². The van der Waals surface area contributed by atoms with Gasteiger partial charge in [0.1, 0.15) is 18.0 Å². The average Bonchev–Trinajstić information content (AvgIpc) is 2.93. The van der Waals surface area contributed by atoms with Crippen LogP contribution in [0.1, 0.15) is 5.56 Å². The first-order valence-corrected chi connectivity index (χ1v) is 12.5. The number of aromatic nitrogens is 2. The summed E-state index contributed by atoms with van der Waals surface area (Å²) in [6.07, 6.45) is 0.830. The van der Waals surface area contributed by atoms with E-state index >= 15 is 0 Å². The number of hydrogen-bond donors (Lipinski definition) is 2. The summed E-state index contributed by atoms with van der Waals surface area (Å²) in [4.78, 5) is 39.6.